The van der Waals surface area contributed by atoms with Gasteiger partial charge < -0.3 is 5.73 Å². The molecule has 1 atom stereocenters. The van der Waals surface area contributed by atoms with Crippen LogP contribution in [-0.4, -0.2) is 0 Å². The van der Waals surface area contributed by atoms with E-state index in [1.165, 1.54) is 16.9 Å². The molecule has 1 aromatic heterocycles. The maximum absolute atomic E-state index is 5.88. The van der Waals surface area contributed by atoms with Crippen LogP contribution in [0.2, 0.25) is 4.34 Å². The fourth-order valence-electron chi connectivity index (χ4n) is 0.954. The first-order valence-corrected chi connectivity index (χ1v) is 5.00. The third-order valence-electron chi connectivity index (χ3n) is 1.49. The molecule has 0 fully saturated rings. The molecule has 0 amide bonds. The number of nitrogens with two attached hydrogens (primary N) is 1. The van der Waals surface area contributed by atoms with Crippen LogP contribution in [0.4, 0.5) is 0 Å². The number of thiophene rings is 1. The predicted molar refractivity (Wildman–Crippen MR) is 55.7 cm³/mol. The van der Waals surface area contributed by atoms with Gasteiger partial charge in [-0.3, -0.25) is 0 Å². The van der Waals surface area contributed by atoms with Gasteiger partial charge in [-0.25, -0.2) is 0 Å². The molecule has 0 aliphatic heterocycles. The molecule has 1 unspecified atom stereocenters. The van der Waals surface area contributed by atoms with Gasteiger partial charge in [-0.1, -0.05) is 23.3 Å². The molecule has 0 saturated heterocycles. The summed E-state index contributed by atoms with van der Waals surface area (Å²) in [5.41, 5.74) is 8.20. The average Bonchev–Trinajstić information content (AvgIpc) is 2.34. The minimum Gasteiger partial charge on any atom is -0.321 e. The van der Waals surface area contributed by atoms with Crippen molar-refractivity contribution in [3.8, 4) is 0 Å². The lowest BCUT2D eigenvalue weighted by atomic mass is 10.1. The number of rotatable bonds is 2. The summed E-state index contributed by atoms with van der Waals surface area (Å²) in [6.07, 6.45) is 2.03. The fourth-order valence-corrected chi connectivity index (χ4v) is 1.89. The van der Waals surface area contributed by atoms with Gasteiger partial charge in [0, 0.05) is 6.04 Å². The topological polar surface area (TPSA) is 26.0 Å². The Hall–Kier alpha value is -0.310. The van der Waals surface area contributed by atoms with Crippen molar-refractivity contribution in [2.75, 3.05) is 0 Å². The van der Waals surface area contributed by atoms with Gasteiger partial charge in [0.2, 0.25) is 0 Å². The summed E-state index contributed by atoms with van der Waals surface area (Å²) in [7, 11) is 0. The van der Waals surface area contributed by atoms with Gasteiger partial charge in [0.05, 0.1) is 4.34 Å². The first kappa shape index (κ1) is 9.78. The molecule has 66 valence electrons. The van der Waals surface area contributed by atoms with Crippen molar-refractivity contribution in [2.45, 2.75) is 19.9 Å². The highest BCUT2D eigenvalue weighted by atomic mass is 35.5. The van der Waals surface area contributed by atoms with Crippen molar-refractivity contribution in [2.24, 2.45) is 5.73 Å². The average molecular weight is 202 g/mol. The van der Waals surface area contributed by atoms with Crippen LogP contribution in [0.25, 0.3) is 0 Å². The van der Waals surface area contributed by atoms with E-state index in [4.69, 9.17) is 17.3 Å². The molecule has 12 heavy (non-hydrogen) atoms. The van der Waals surface area contributed by atoms with Crippen LogP contribution in [0.5, 0.6) is 0 Å². The Labute approximate surface area is 81.9 Å². The van der Waals surface area contributed by atoms with E-state index in [1.807, 2.05) is 31.4 Å². The van der Waals surface area contributed by atoms with Gasteiger partial charge in [0.25, 0.3) is 0 Å². The molecule has 1 heterocycles. The van der Waals surface area contributed by atoms with Crippen LogP contribution in [-0.2, 0) is 0 Å². The van der Waals surface area contributed by atoms with Gasteiger partial charge in [0.1, 0.15) is 0 Å². The summed E-state index contributed by atoms with van der Waals surface area (Å²) in [6.45, 7) is 4.07. The highest BCUT2D eigenvalue weighted by Crippen LogP contribution is 2.24. The lowest BCUT2D eigenvalue weighted by Gasteiger charge is -2.03. The summed E-state index contributed by atoms with van der Waals surface area (Å²) >= 11 is 7.30. The summed E-state index contributed by atoms with van der Waals surface area (Å²) in [5, 5.41) is 1.99. The second-order valence-corrected chi connectivity index (χ2v) is 4.50. The van der Waals surface area contributed by atoms with E-state index in [-0.39, 0.29) is 6.04 Å². The van der Waals surface area contributed by atoms with Crippen LogP contribution in [0.15, 0.2) is 23.1 Å². The van der Waals surface area contributed by atoms with E-state index in [0.717, 1.165) is 9.90 Å². The molecular weight excluding hydrogens is 190 g/mol. The quantitative estimate of drug-likeness (QED) is 0.730. The molecule has 0 aliphatic rings. The SMILES string of the molecule is CC(C)=CC(N)c1csc(Cl)c1. The Morgan fingerprint density at radius 3 is 2.75 bits per heavy atom. The summed E-state index contributed by atoms with van der Waals surface area (Å²) in [4.78, 5) is 0. The summed E-state index contributed by atoms with van der Waals surface area (Å²) in [6, 6.07) is 1.90. The molecule has 2 N–H and O–H groups in total. The molecule has 0 aliphatic carbocycles. The van der Waals surface area contributed by atoms with E-state index in [0.29, 0.717) is 0 Å². The molecule has 0 radical (unpaired) electrons. The zero-order valence-electron chi connectivity index (χ0n) is 7.17. The molecule has 1 rings (SSSR count). The van der Waals surface area contributed by atoms with Gasteiger partial charge in [0.15, 0.2) is 0 Å². The van der Waals surface area contributed by atoms with Crippen LogP contribution in [0.1, 0.15) is 25.5 Å². The molecule has 0 bridgehead atoms. The number of allylic oxidation sites excluding steroid dienone is 1. The second-order valence-electron chi connectivity index (χ2n) is 2.95. The lowest BCUT2D eigenvalue weighted by molar-refractivity contribution is 0.905. The van der Waals surface area contributed by atoms with E-state index in [1.54, 1.807) is 0 Å². The maximum Gasteiger partial charge on any atom is 0.0931 e. The summed E-state index contributed by atoms with van der Waals surface area (Å²) < 4.78 is 0.794. The van der Waals surface area contributed by atoms with E-state index in [2.05, 4.69) is 0 Å². The van der Waals surface area contributed by atoms with Crippen LogP contribution < -0.4 is 5.73 Å². The normalized spacial score (nSPS) is 12.7. The van der Waals surface area contributed by atoms with E-state index in [9.17, 15) is 0 Å². The number of hydrogen-bond donors (Lipinski definition) is 1. The Kier molecular flexibility index (Phi) is 3.32. The highest BCUT2D eigenvalue weighted by Gasteiger charge is 2.04. The molecular formula is C9H12ClNS. The van der Waals surface area contributed by atoms with Crippen LogP contribution in [0.3, 0.4) is 0 Å². The Bertz CT molecular complexity index is 286. The van der Waals surface area contributed by atoms with E-state index < -0.39 is 0 Å². The van der Waals surface area contributed by atoms with Crippen molar-refractivity contribution in [3.05, 3.63) is 33.0 Å². The zero-order chi connectivity index (χ0) is 9.14. The summed E-state index contributed by atoms with van der Waals surface area (Å²) in [5.74, 6) is 0. The number of hydrogen-bond acceptors (Lipinski definition) is 2. The van der Waals surface area contributed by atoms with Crippen molar-refractivity contribution >= 4 is 22.9 Å². The second kappa shape index (κ2) is 4.08. The predicted octanol–water partition coefficient (Wildman–Crippen LogP) is 3.37. The Balaban J connectivity index is 2.78. The molecule has 3 heteroatoms. The lowest BCUT2D eigenvalue weighted by Crippen LogP contribution is -2.05. The van der Waals surface area contributed by atoms with Crippen molar-refractivity contribution in [3.63, 3.8) is 0 Å². The smallest absolute Gasteiger partial charge is 0.0931 e. The Morgan fingerprint density at radius 1 is 1.67 bits per heavy atom. The highest BCUT2D eigenvalue weighted by molar-refractivity contribution is 7.14. The van der Waals surface area contributed by atoms with Crippen LogP contribution in [0, 0.1) is 0 Å². The minimum atomic E-state index is -0.0150. The minimum absolute atomic E-state index is 0.0150. The van der Waals surface area contributed by atoms with Crippen molar-refractivity contribution in [1.29, 1.82) is 0 Å². The Morgan fingerprint density at radius 2 is 2.33 bits per heavy atom. The number of halogens is 1. The largest absolute Gasteiger partial charge is 0.321 e. The van der Waals surface area contributed by atoms with Crippen molar-refractivity contribution in [1.82, 2.24) is 0 Å². The molecule has 0 saturated carbocycles. The first-order valence-electron chi connectivity index (χ1n) is 3.74. The third kappa shape index (κ3) is 2.63. The third-order valence-corrected chi connectivity index (χ3v) is 2.59. The van der Waals surface area contributed by atoms with Gasteiger partial charge in [-0.15, -0.1) is 11.3 Å². The van der Waals surface area contributed by atoms with E-state index >= 15 is 0 Å². The standard InChI is InChI=1S/C9H12ClNS/c1-6(2)3-8(11)7-4-9(10)12-5-7/h3-5,8H,11H2,1-2H3. The van der Waals surface area contributed by atoms with Gasteiger partial charge in [-0.2, -0.15) is 0 Å². The first-order chi connectivity index (χ1) is 5.59. The maximum atomic E-state index is 5.88. The van der Waals surface area contributed by atoms with Gasteiger partial charge in [-0.05, 0) is 30.9 Å². The van der Waals surface area contributed by atoms with Crippen molar-refractivity contribution < 1.29 is 0 Å². The molecule has 0 aromatic carbocycles. The molecule has 0 spiro atoms. The molecule has 1 nitrogen and oxygen atoms in total. The molecule has 1 aromatic rings. The zero-order valence-corrected chi connectivity index (χ0v) is 8.75. The fraction of sp³-hybridized carbons (Fsp3) is 0.333. The van der Waals surface area contributed by atoms with Gasteiger partial charge >= 0.3 is 0 Å². The van der Waals surface area contributed by atoms with Crippen LogP contribution >= 0.6 is 22.9 Å². The monoisotopic (exact) mass is 201 g/mol.